The SMILES string of the molecule is CC(Oc1cccc(Cl)c1Cl)C(=O)NC1(CN)CCCC1. The van der Waals surface area contributed by atoms with E-state index in [2.05, 4.69) is 5.32 Å². The number of nitrogens with one attached hydrogen (secondary N) is 1. The Labute approximate surface area is 134 Å². The number of ether oxygens (including phenoxy) is 1. The molecule has 4 nitrogen and oxygen atoms in total. The predicted molar refractivity (Wildman–Crippen MR) is 84.9 cm³/mol. The quantitative estimate of drug-likeness (QED) is 0.871. The van der Waals surface area contributed by atoms with Gasteiger partial charge in [-0.3, -0.25) is 4.79 Å². The number of halogens is 2. The van der Waals surface area contributed by atoms with Gasteiger partial charge in [0.1, 0.15) is 10.8 Å². The number of hydrogen-bond donors (Lipinski definition) is 2. The molecule has 0 aromatic heterocycles. The van der Waals surface area contributed by atoms with Crippen LogP contribution in [0.1, 0.15) is 32.6 Å². The van der Waals surface area contributed by atoms with Crippen molar-refractivity contribution in [2.45, 2.75) is 44.2 Å². The molecule has 1 aromatic rings. The summed E-state index contributed by atoms with van der Waals surface area (Å²) in [5.74, 6) is 0.221. The van der Waals surface area contributed by atoms with Crippen LogP contribution in [0.4, 0.5) is 0 Å². The van der Waals surface area contributed by atoms with Crippen molar-refractivity contribution in [3.05, 3.63) is 28.2 Å². The van der Waals surface area contributed by atoms with Gasteiger partial charge in [-0.05, 0) is 31.9 Å². The Hall–Kier alpha value is -0.970. The van der Waals surface area contributed by atoms with Crippen LogP contribution in [0.15, 0.2) is 18.2 Å². The molecule has 0 bridgehead atoms. The molecule has 1 unspecified atom stereocenters. The van der Waals surface area contributed by atoms with Crippen molar-refractivity contribution < 1.29 is 9.53 Å². The van der Waals surface area contributed by atoms with Gasteiger partial charge in [0, 0.05) is 6.54 Å². The van der Waals surface area contributed by atoms with Crippen LogP contribution < -0.4 is 15.8 Å². The Kier molecular flexibility index (Phi) is 5.36. The minimum atomic E-state index is -0.662. The zero-order valence-corrected chi connectivity index (χ0v) is 13.5. The van der Waals surface area contributed by atoms with Crippen molar-refractivity contribution in [1.82, 2.24) is 5.32 Å². The van der Waals surface area contributed by atoms with Gasteiger partial charge in [0.2, 0.25) is 0 Å². The molecule has 21 heavy (non-hydrogen) atoms. The molecular weight excluding hydrogens is 311 g/mol. The fourth-order valence-electron chi connectivity index (χ4n) is 2.61. The van der Waals surface area contributed by atoms with E-state index in [1.807, 2.05) is 0 Å². The highest BCUT2D eigenvalue weighted by Gasteiger charge is 2.35. The van der Waals surface area contributed by atoms with Gasteiger partial charge < -0.3 is 15.8 Å². The second kappa shape index (κ2) is 6.86. The maximum absolute atomic E-state index is 12.3. The third-order valence-electron chi connectivity index (χ3n) is 3.93. The molecule has 1 fully saturated rings. The molecule has 1 aliphatic rings. The molecule has 6 heteroatoms. The monoisotopic (exact) mass is 330 g/mol. The van der Waals surface area contributed by atoms with Crippen molar-refractivity contribution in [3.63, 3.8) is 0 Å². The third-order valence-corrected chi connectivity index (χ3v) is 4.73. The van der Waals surface area contributed by atoms with Gasteiger partial charge in [-0.15, -0.1) is 0 Å². The van der Waals surface area contributed by atoms with E-state index >= 15 is 0 Å². The Morgan fingerprint density at radius 1 is 1.43 bits per heavy atom. The van der Waals surface area contributed by atoms with Crippen LogP contribution in [0.25, 0.3) is 0 Å². The first kappa shape index (κ1) is 16.4. The molecule has 0 heterocycles. The zero-order chi connectivity index (χ0) is 15.5. The summed E-state index contributed by atoms with van der Waals surface area (Å²) in [6.45, 7) is 2.13. The molecule has 1 saturated carbocycles. The fourth-order valence-corrected chi connectivity index (χ4v) is 2.95. The summed E-state index contributed by atoms with van der Waals surface area (Å²) in [7, 11) is 0. The molecule has 0 aliphatic heterocycles. The highest BCUT2D eigenvalue weighted by molar-refractivity contribution is 6.42. The average molecular weight is 331 g/mol. The molecule has 1 atom stereocenters. The standard InChI is InChI=1S/C15H20Cl2N2O2/c1-10(21-12-6-4-5-11(16)13(12)17)14(20)19-15(9-18)7-2-3-8-15/h4-6,10H,2-3,7-9,18H2,1H3,(H,19,20). The van der Waals surface area contributed by atoms with Crippen molar-refractivity contribution >= 4 is 29.1 Å². The smallest absolute Gasteiger partial charge is 0.261 e. The van der Waals surface area contributed by atoms with Crippen LogP contribution in [0.2, 0.25) is 10.0 Å². The van der Waals surface area contributed by atoms with E-state index in [9.17, 15) is 4.79 Å². The highest BCUT2D eigenvalue weighted by Crippen LogP contribution is 2.32. The lowest BCUT2D eigenvalue weighted by Gasteiger charge is -2.30. The topological polar surface area (TPSA) is 64.3 Å². The molecule has 0 radical (unpaired) electrons. The number of benzene rings is 1. The lowest BCUT2D eigenvalue weighted by molar-refractivity contribution is -0.129. The van der Waals surface area contributed by atoms with E-state index < -0.39 is 6.10 Å². The van der Waals surface area contributed by atoms with Gasteiger partial charge in [-0.1, -0.05) is 42.1 Å². The van der Waals surface area contributed by atoms with Crippen LogP contribution >= 0.6 is 23.2 Å². The zero-order valence-electron chi connectivity index (χ0n) is 12.0. The summed E-state index contributed by atoms with van der Waals surface area (Å²) >= 11 is 12.0. The van der Waals surface area contributed by atoms with Crippen LogP contribution in [0.5, 0.6) is 5.75 Å². The average Bonchev–Trinajstić information content (AvgIpc) is 2.93. The minimum Gasteiger partial charge on any atom is -0.479 e. The van der Waals surface area contributed by atoms with E-state index in [-0.39, 0.29) is 11.4 Å². The molecule has 116 valence electrons. The summed E-state index contributed by atoms with van der Waals surface area (Å²) in [5, 5.41) is 3.74. The Morgan fingerprint density at radius 3 is 2.71 bits per heavy atom. The number of rotatable bonds is 5. The lowest BCUT2D eigenvalue weighted by atomic mass is 9.97. The summed E-state index contributed by atoms with van der Waals surface area (Å²) in [6.07, 6.45) is 3.35. The van der Waals surface area contributed by atoms with Crippen molar-refractivity contribution in [2.75, 3.05) is 6.54 Å². The highest BCUT2D eigenvalue weighted by atomic mass is 35.5. The van der Waals surface area contributed by atoms with Crippen molar-refractivity contribution in [2.24, 2.45) is 5.73 Å². The Balaban J connectivity index is 2.01. The summed E-state index contributed by atoms with van der Waals surface area (Å²) in [5.41, 5.74) is 5.53. The van der Waals surface area contributed by atoms with Crippen LogP contribution in [0, 0.1) is 0 Å². The summed E-state index contributed by atoms with van der Waals surface area (Å²) < 4.78 is 5.62. The Morgan fingerprint density at radius 2 is 2.10 bits per heavy atom. The Bertz CT molecular complexity index is 516. The molecule has 3 N–H and O–H groups in total. The summed E-state index contributed by atoms with van der Waals surface area (Å²) in [4.78, 5) is 12.3. The van der Waals surface area contributed by atoms with Gasteiger partial charge in [-0.2, -0.15) is 0 Å². The van der Waals surface area contributed by atoms with Gasteiger partial charge >= 0.3 is 0 Å². The van der Waals surface area contributed by atoms with E-state index in [0.29, 0.717) is 22.3 Å². The predicted octanol–water partition coefficient (Wildman–Crippen LogP) is 3.15. The number of hydrogen-bond acceptors (Lipinski definition) is 3. The first-order chi connectivity index (χ1) is 9.97. The van der Waals surface area contributed by atoms with E-state index in [1.54, 1.807) is 25.1 Å². The third kappa shape index (κ3) is 3.82. The van der Waals surface area contributed by atoms with Crippen LogP contribution in [0.3, 0.4) is 0 Å². The fraction of sp³-hybridized carbons (Fsp3) is 0.533. The van der Waals surface area contributed by atoms with Crippen LogP contribution in [-0.4, -0.2) is 24.1 Å². The van der Waals surface area contributed by atoms with E-state index in [4.69, 9.17) is 33.7 Å². The van der Waals surface area contributed by atoms with Gasteiger partial charge in [0.25, 0.3) is 5.91 Å². The van der Waals surface area contributed by atoms with Gasteiger partial charge in [0.05, 0.1) is 10.6 Å². The normalized spacial score (nSPS) is 18.3. The molecule has 1 aliphatic carbocycles. The first-order valence-electron chi connectivity index (χ1n) is 7.10. The summed E-state index contributed by atoms with van der Waals surface area (Å²) in [6, 6.07) is 5.09. The number of amides is 1. The molecular formula is C15H20Cl2N2O2. The van der Waals surface area contributed by atoms with Gasteiger partial charge in [0.15, 0.2) is 6.10 Å². The van der Waals surface area contributed by atoms with Crippen LogP contribution in [-0.2, 0) is 4.79 Å². The minimum absolute atomic E-state index is 0.182. The maximum atomic E-state index is 12.3. The molecule has 1 aromatic carbocycles. The second-order valence-electron chi connectivity index (χ2n) is 5.49. The largest absolute Gasteiger partial charge is 0.479 e. The number of nitrogens with two attached hydrogens (primary N) is 1. The first-order valence-corrected chi connectivity index (χ1v) is 7.86. The van der Waals surface area contributed by atoms with Crippen molar-refractivity contribution in [1.29, 1.82) is 0 Å². The number of carbonyl (C=O) groups excluding carboxylic acids is 1. The van der Waals surface area contributed by atoms with Gasteiger partial charge in [-0.25, -0.2) is 0 Å². The lowest BCUT2D eigenvalue weighted by Crippen LogP contribution is -2.54. The van der Waals surface area contributed by atoms with Crippen molar-refractivity contribution in [3.8, 4) is 5.75 Å². The number of carbonyl (C=O) groups is 1. The van der Waals surface area contributed by atoms with E-state index in [0.717, 1.165) is 25.7 Å². The molecule has 0 spiro atoms. The van der Waals surface area contributed by atoms with E-state index in [1.165, 1.54) is 0 Å². The molecule has 0 saturated heterocycles. The molecule has 2 rings (SSSR count). The second-order valence-corrected chi connectivity index (χ2v) is 6.28. The molecule has 1 amide bonds. The maximum Gasteiger partial charge on any atom is 0.261 e.